The summed E-state index contributed by atoms with van der Waals surface area (Å²) in [4.78, 5) is 7.63. The first-order valence-electron chi connectivity index (χ1n) is 5.64. The van der Waals surface area contributed by atoms with Crippen LogP contribution < -0.4 is 10.5 Å². The SMILES string of the molecule is NCc1ccc(CS(=O)(=O)Nc2ncccn2)cc1. The molecule has 7 heteroatoms. The number of nitrogens with two attached hydrogens (primary N) is 1. The third-order valence-corrected chi connectivity index (χ3v) is 3.63. The van der Waals surface area contributed by atoms with Crippen LogP contribution in [0.1, 0.15) is 11.1 Å². The first kappa shape index (κ1) is 13.4. The molecule has 2 rings (SSSR count). The Kier molecular flexibility index (Phi) is 4.08. The highest BCUT2D eigenvalue weighted by Gasteiger charge is 2.12. The molecule has 0 bridgehead atoms. The van der Waals surface area contributed by atoms with Crippen LogP contribution in [0.2, 0.25) is 0 Å². The molecule has 0 aliphatic heterocycles. The molecule has 2 aromatic rings. The lowest BCUT2D eigenvalue weighted by molar-refractivity contribution is 0.600. The molecule has 3 N–H and O–H groups in total. The molecule has 6 nitrogen and oxygen atoms in total. The Labute approximate surface area is 111 Å². The molecule has 0 aliphatic rings. The fourth-order valence-corrected chi connectivity index (χ4v) is 2.60. The lowest BCUT2D eigenvalue weighted by Gasteiger charge is -2.06. The van der Waals surface area contributed by atoms with Gasteiger partial charge in [0, 0.05) is 18.9 Å². The zero-order valence-electron chi connectivity index (χ0n) is 10.2. The zero-order valence-corrected chi connectivity index (χ0v) is 11.0. The molecule has 100 valence electrons. The van der Waals surface area contributed by atoms with Gasteiger partial charge in [0.1, 0.15) is 0 Å². The molecule has 1 aromatic carbocycles. The van der Waals surface area contributed by atoms with Gasteiger partial charge < -0.3 is 5.73 Å². The number of rotatable bonds is 5. The molecule has 0 aliphatic carbocycles. The molecule has 0 fully saturated rings. The first-order valence-corrected chi connectivity index (χ1v) is 7.30. The van der Waals surface area contributed by atoms with Crippen molar-refractivity contribution in [1.29, 1.82) is 0 Å². The molecule has 0 saturated heterocycles. The number of nitrogens with one attached hydrogen (secondary N) is 1. The van der Waals surface area contributed by atoms with E-state index >= 15 is 0 Å². The lowest BCUT2D eigenvalue weighted by Crippen LogP contribution is -2.16. The molecule has 1 aromatic heterocycles. The van der Waals surface area contributed by atoms with E-state index in [4.69, 9.17) is 5.73 Å². The highest BCUT2D eigenvalue weighted by Crippen LogP contribution is 2.10. The molecule has 0 unspecified atom stereocenters. The van der Waals surface area contributed by atoms with Crippen LogP contribution in [0.3, 0.4) is 0 Å². The van der Waals surface area contributed by atoms with Crippen molar-refractivity contribution in [2.24, 2.45) is 5.73 Å². The number of sulfonamides is 1. The Morgan fingerprint density at radius 1 is 1.05 bits per heavy atom. The number of anilines is 1. The van der Waals surface area contributed by atoms with Crippen molar-refractivity contribution in [2.45, 2.75) is 12.3 Å². The maximum atomic E-state index is 11.9. The summed E-state index contributed by atoms with van der Waals surface area (Å²) in [6.45, 7) is 0.434. The van der Waals surface area contributed by atoms with E-state index in [-0.39, 0.29) is 11.7 Å². The number of hydrogen-bond acceptors (Lipinski definition) is 5. The summed E-state index contributed by atoms with van der Waals surface area (Å²) in [6, 6.07) is 8.72. The van der Waals surface area contributed by atoms with Crippen LogP contribution in [0.25, 0.3) is 0 Å². The standard InChI is InChI=1S/C12H14N4O2S/c13-8-10-2-4-11(5-3-10)9-19(17,18)16-12-14-6-1-7-15-12/h1-7H,8-9,13H2,(H,14,15,16). The minimum atomic E-state index is -3.51. The Morgan fingerprint density at radius 2 is 1.63 bits per heavy atom. The molecule has 0 radical (unpaired) electrons. The van der Waals surface area contributed by atoms with E-state index in [0.29, 0.717) is 12.1 Å². The van der Waals surface area contributed by atoms with Crippen LogP contribution in [-0.2, 0) is 22.3 Å². The fraction of sp³-hybridized carbons (Fsp3) is 0.167. The summed E-state index contributed by atoms with van der Waals surface area (Å²) in [6.07, 6.45) is 2.95. The maximum Gasteiger partial charge on any atom is 0.239 e. The summed E-state index contributed by atoms with van der Waals surface area (Å²) in [7, 11) is -3.51. The quantitative estimate of drug-likeness (QED) is 0.846. The van der Waals surface area contributed by atoms with E-state index in [9.17, 15) is 8.42 Å². The average molecular weight is 278 g/mol. The summed E-state index contributed by atoms with van der Waals surface area (Å²) >= 11 is 0. The topological polar surface area (TPSA) is 98.0 Å². The largest absolute Gasteiger partial charge is 0.326 e. The van der Waals surface area contributed by atoms with Gasteiger partial charge in [-0.3, -0.25) is 4.72 Å². The van der Waals surface area contributed by atoms with Gasteiger partial charge in [0.15, 0.2) is 0 Å². The number of hydrogen-bond donors (Lipinski definition) is 2. The zero-order chi connectivity index (χ0) is 13.7. The predicted octanol–water partition coefficient (Wildman–Crippen LogP) is 0.877. The van der Waals surface area contributed by atoms with E-state index in [1.165, 1.54) is 12.4 Å². The molecule has 0 saturated carbocycles. The highest BCUT2D eigenvalue weighted by atomic mass is 32.2. The monoisotopic (exact) mass is 278 g/mol. The molecule has 1 heterocycles. The smallest absolute Gasteiger partial charge is 0.239 e. The van der Waals surface area contributed by atoms with Crippen molar-refractivity contribution in [3.8, 4) is 0 Å². The second-order valence-corrected chi connectivity index (χ2v) is 5.68. The Bertz CT molecular complexity index is 627. The van der Waals surface area contributed by atoms with Crippen LogP contribution >= 0.6 is 0 Å². The van der Waals surface area contributed by atoms with Crippen LogP contribution in [0.4, 0.5) is 5.95 Å². The summed E-state index contributed by atoms with van der Waals surface area (Å²) in [5.41, 5.74) is 7.12. The Balaban J connectivity index is 2.08. The summed E-state index contributed by atoms with van der Waals surface area (Å²) in [5.74, 6) is -0.0584. The van der Waals surface area contributed by atoms with Gasteiger partial charge in [-0.2, -0.15) is 0 Å². The molecule has 0 amide bonds. The Hall–Kier alpha value is -1.99. The van der Waals surface area contributed by atoms with E-state index in [1.54, 1.807) is 18.2 Å². The van der Waals surface area contributed by atoms with Crippen LogP contribution in [-0.4, -0.2) is 18.4 Å². The van der Waals surface area contributed by atoms with Crippen molar-refractivity contribution >= 4 is 16.0 Å². The minimum Gasteiger partial charge on any atom is -0.326 e. The average Bonchev–Trinajstić information content (AvgIpc) is 2.39. The van der Waals surface area contributed by atoms with E-state index in [0.717, 1.165) is 5.56 Å². The molecule has 0 atom stereocenters. The van der Waals surface area contributed by atoms with Crippen LogP contribution in [0.15, 0.2) is 42.7 Å². The van der Waals surface area contributed by atoms with Crippen molar-refractivity contribution in [3.05, 3.63) is 53.9 Å². The third-order valence-electron chi connectivity index (χ3n) is 2.43. The van der Waals surface area contributed by atoms with Gasteiger partial charge in [0.25, 0.3) is 0 Å². The second-order valence-electron chi connectivity index (χ2n) is 3.95. The van der Waals surface area contributed by atoms with Crippen molar-refractivity contribution < 1.29 is 8.42 Å². The lowest BCUT2D eigenvalue weighted by atomic mass is 10.1. The normalized spacial score (nSPS) is 11.2. The summed E-state index contributed by atoms with van der Waals surface area (Å²) in [5, 5.41) is 0. The molecular weight excluding hydrogens is 264 g/mol. The number of benzene rings is 1. The van der Waals surface area contributed by atoms with Crippen LogP contribution in [0.5, 0.6) is 0 Å². The van der Waals surface area contributed by atoms with Crippen LogP contribution in [0, 0.1) is 0 Å². The first-order chi connectivity index (χ1) is 9.09. The highest BCUT2D eigenvalue weighted by molar-refractivity contribution is 7.91. The summed E-state index contributed by atoms with van der Waals surface area (Å²) < 4.78 is 26.1. The van der Waals surface area contributed by atoms with E-state index < -0.39 is 10.0 Å². The van der Waals surface area contributed by atoms with Crippen molar-refractivity contribution in [3.63, 3.8) is 0 Å². The van der Waals surface area contributed by atoms with E-state index in [1.807, 2.05) is 12.1 Å². The third kappa shape index (κ3) is 4.01. The van der Waals surface area contributed by atoms with Gasteiger partial charge in [0.2, 0.25) is 16.0 Å². The molecular formula is C12H14N4O2S. The number of aromatic nitrogens is 2. The fourth-order valence-electron chi connectivity index (χ4n) is 1.52. The van der Waals surface area contributed by atoms with Crippen molar-refractivity contribution in [2.75, 3.05) is 4.72 Å². The molecule has 0 spiro atoms. The maximum absolute atomic E-state index is 11.9. The van der Waals surface area contributed by atoms with Gasteiger partial charge >= 0.3 is 0 Å². The van der Waals surface area contributed by atoms with Gasteiger partial charge in [0.05, 0.1) is 5.75 Å². The van der Waals surface area contributed by atoms with Gasteiger partial charge in [-0.1, -0.05) is 24.3 Å². The number of nitrogens with zero attached hydrogens (tertiary/aromatic N) is 2. The van der Waals surface area contributed by atoms with E-state index in [2.05, 4.69) is 14.7 Å². The predicted molar refractivity (Wildman–Crippen MR) is 72.6 cm³/mol. The molecule has 19 heavy (non-hydrogen) atoms. The second kappa shape index (κ2) is 5.77. The van der Waals surface area contributed by atoms with Crippen molar-refractivity contribution in [1.82, 2.24) is 9.97 Å². The van der Waals surface area contributed by atoms with Gasteiger partial charge in [-0.05, 0) is 17.2 Å². The minimum absolute atomic E-state index is 0.0704. The Morgan fingerprint density at radius 3 is 2.21 bits per heavy atom. The van der Waals surface area contributed by atoms with Gasteiger partial charge in [-0.25, -0.2) is 18.4 Å². The van der Waals surface area contributed by atoms with Gasteiger partial charge in [-0.15, -0.1) is 0 Å².